The van der Waals surface area contributed by atoms with E-state index in [1.807, 2.05) is 32.9 Å². The Morgan fingerprint density at radius 3 is 2.86 bits per heavy atom. The van der Waals surface area contributed by atoms with Crippen LogP contribution in [0.5, 0.6) is 0 Å². The number of pyridine rings is 1. The van der Waals surface area contributed by atoms with Crippen molar-refractivity contribution in [3.63, 3.8) is 0 Å². The standard InChI is InChI=1S/C16H20ClN3O/c1-9(2)7-13(18)16(21)20-15-11-5-4-6-19-14(11)10(3)8-12(15)17/h4-6,8-9,13H,7,18H2,1-3H3,(H,20,21). The third-order valence-corrected chi connectivity index (χ3v) is 3.64. The molecule has 0 fully saturated rings. The molecule has 112 valence electrons. The van der Waals surface area contributed by atoms with E-state index in [4.69, 9.17) is 17.3 Å². The SMILES string of the molecule is Cc1cc(Cl)c(NC(=O)C(N)CC(C)C)c2cccnc12. The van der Waals surface area contributed by atoms with Crippen molar-refractivity contribution in [1.82, 2.24) is 4.98 Å². The van der Waals surface area contributed by atoms with Gasteiger partial charge in [-0.05, 0) is 43.0 Å². The molecule has 1 heterocycles. The second-order valence-corrected chi connectivity index (χ2v) is 6.08. The number of amides is 1. The molecule has 0 saturated heterocycles. The van der Waals surface area contributed by atoms with Gasteiger partial charge in [-0.25, -0.2) is 0 Å². The minimum atomic E-state index is -0.547. The summed E-state index contributed by atoms with van der Waals surface area (Å²) in [5.41, 5.74) is 8.30. The monoisotopic (exact) mass is 305 g/mol. The molecule has 2 aromatic rings. The van der Waals surface area contributed by atoms with Crippen molar-refractivity contribution in [2.75, 3.05) is 5.32 Å². The molecular formula is C16H20ClN3O. The molecule has 5 heteroatoms. The number of nitrogens with two attached hydrogens (primary N) is 1. The van der Waals surface area contributed by atoms with E-state index in [9.17, 15) is 4.79 Å². The topological polar surface area (TPSA) is 68.0 Å². The smallest absolute Gasteiger partial charge is 0.241 e. The van der Waals surface area contributed by atoms with Gasteiger partial charge in [-0.2, -0.15) is 0 Å². The molecule has 0 bridgehead atoms. The van der Waals surface area contributed by atoms with Gasteiger partial charge in [0, 0.05) is 11.6 Å². The highest BCUT2D eigenvalue weighted by Crippen LogP contribution is 2.32. The van der Waals surface area contributed by atoms with Crippen molar-refractivity contribution in [3.8, 4) is 0 Å². The summed E-state index contributed by atoms with van der Waals surface area (Å²) in [6, 6.07) is 4.97. The molecule has 4 nitrogen and oxygen atoms in total. The average molecular weight is 306 g/mol. The number of hydrogen-bond donors (Lipinski definition) is 2. The number of rotatable bonds is 4. The van der Waals surface area contributed by atoms with Crippen LogP contribution in [-0.2, 0) is 4.79 Å². The number of carbonyl (C=O) groups excluding carboxylic acids is 1. The van der Waals surface area contributed by atoms with E-state index in [0.717, 1.165) is 16.5 Å². The lowest BCUT2D eigenvalue weighted by Gasteiger charge is -2.16. The highest BCUT2D eigenvalue weighted by atomic mass is 35.5. The first kappa shape index (κ1) is 15.7. The van der Waals surface area contributed by atoms with Crippen LogP contribution in [0.15, 0.2) is 24.4 Å². The summed E-state index contributed by atoms with van der Waals surface area (Å²) < 4.78 is 0. The first-order valence-electron chi connectivity index (χ1n) is 7.00. The number of nitrogens with zero attached hydrogens (tertiary/aromatic N) is 1. The Morgan fingerprint density at radius 2 is 2.19 bits per heavy atom. The first-order valence-corrected chi connectivity index (χ1v) is 7.38. The molecule has 1 unspecified atom stereocenters. The highest BCUT2D eigenvalue weighted by molar-refractivity contribution is 6.35. The van der Waals surface area contributed by atoms with Gasteiger partial charge in [0.2, 0.25) is 5.91 Å². The zero-order valence-electron chi connectivity index (χ0n) is 12.5. The minimum Gasteiger partial charge on any atom is -0.323 e. The van der Waals surface area contributed by atoms with Crippen LogP contribution in [-0.4, -0.2) is 16.9 Å². The Morgan fingerprint density at radius 1 is 1.48 bits per heavy atom. The zero-order valence-corrected chi connectivity index (χ0v) is 13.2. The van der Waals surface area contributed by atoms with Crippen LogP contribution in [0.3, 0.4) is 0 Å². The van der Waals surface area contributed by atoms with E-state index in [-0.39, 0.29) is 5.91 Å². The summed E-state index contributed by atoms with van der Waals surface area (Å²) in [7, 11) is 0. The highest BCUT2D eigenvalue weighted by Gasteiger charge is 2.18. The molecule has 0 spiro atoms. The number of halogens is 1. The first-order chi connectivity index (χ1) is 9.90. The molecule has 0 aliphatic carbocycles. The Labute approximate surface area is 129 Å². The lowest BCUT2D eigenvalue weighted by Crippen LogP contribution is -2.36. The van der Waals surface area contributed by atoms with E-state index in [0.29, 0.717) is 23.0 Å². The van der Waals surface area contributed by atoms with Crippen LogP contribution in [0.4, 0.5) is 5.69 Å². The summed E-state index contributed by atoms with van der Waals surface area (Å²) in [5, 5.41) is 4.17. The Hall–Kier alpha value is -1.65. The van der Waals surface area contributed by atoms with Crippen molar-refractivity contribution in [2.45, 2.75) is 33.2 Å². The maximum absolute atomic E-state index is 12.2. The summed E-state index contributed by atoms with van der Waals surface area (Å²) >= 11 is 6.28. The van der Waals surface area contributed by atoms with Crippen LogP contribution >= 0.6 is 11.6 Å². The van der Waals surface area contributed by atoms with Gasteiger partial charge in [-0.1, -0.05) is 25.4 Å². The van der Waals surface area contributed by atoms with Gasteiger partial charge in [-0.3, -0.25) is 9.78 Å². The molecule has 2 rings (SSSR count). The zero-order chi connectivity index (χ0) is 15.6. The minimum absolute atomic E-state index is 0.223. The molecular weight excluding hydrogens is 286 g/mol. The lowest BCUT2D eigenvalue weighted by molar-refractivity contribution is -0.117. The second kappa shape index (κ2) is 6.41. The number of aromatic nitrogens is 1. The number of carbonyl (C=O) groups is 1. The third kappa shape index (κ3) is 3.52. The van der Waals surface area contributed by atoms with Crippen molar-refractivity contribution in [3.05, 3.63) is 35.0 Å². The molecule has 3 N–H and O–H groups in total. The number of fused-ring (bicyclic) bond motifs is 1. The third-order valence-electron chi connectivity index (χ3n) is 3.34. The molecule has 1 atom stereocenters. The van der Waals surface area contributed by atoms with Gasteiger partial charge in [0.15, 0.2) is 0 Å². The molecule has 0 aliphatic heterocycles. The normalized spacial score (nSPS) is 12.7. The largest absolute Gasteiger partial charge is 0.323 e. The lowest BCUT2D eigenvalue weighted by atomic mass is 10.0. The molecule has 21 heavy (non-hydrogen) atoms. The molecule has 0 aliphatic rings. The van der Waals surface area contributed by atoms with Gasteiger partial charge in [0.1, 0.15) is 0 Å². The molecule has 0 saturated carbocycles. The number of anilines is 1. The van der Waals surface area contributed by atoms with Gasteiger partial charge in [0.05, 0.1) is 22.3 Å². The number of hydrogen-bond acceptors (Lipinski definition) is 3. The number of benzene rings is 1. The molecule has 1 amide bonds. The van der Waals surface area contributed by atoms with Crippen LogP contribution < -0.4 is 11.1 Å². The number of aryl methyl sites for hydroxylation is 1. The molecule has 0 radical (unpaired) electrons. The quantitative estimate of drug-likeness (QED) is 0.908. The fraction of sp³-hybridized carbons (Fsp3) is 0.375. The van der Waals surface area contributed by atoms with Crippen molar-refractivity contribution >= 4 is 34.1 Å². The van der Waals surface area contributed by atoms with Crippen LogP contribution in [0.25, 0.3) is 10.9 Å². The Kier molecular flexibility index (Phi) is 4.80. The second-order valence-electron chi connectivity index (χ2n) is 5.68. The van der Waals surface area contributed by atoms with Crippen LogP contribution in [0.2, 0.25) is 5.02 Å². The maximum atomic E-state index is 12.2. The van der Waals surface area contributed by atoms with Gasteiger partial charge >= 0.3 is 0 Å². The van der Waals surface area contributed by atoms with E-state index >= 15 is 0 Å². The predicted molar refractivity (Wildman–Crippen MR) is 87.6 cm³/mol. The van der Waals surface area contributed by atoms with Gasteiger partial charge < -0.3 is 11.1 Å². The molecule has 1 aromatic carbocycles. The fourth-order valence-electron chi connectivity index (χ4n) is 2.34. The van der Waals surface area contributed by atoms with Crippen molar-refractivity contribution < 1.29 is 4.79 Å². The summed E-state index contributed by atoms with van der Waals surface area (Å²) in [6.07, 6.45) is 2.35. The number of nitrogens with one attached hydrogen (secondary N) is 1. The van der Waals surface area contributed by atoms with Crippen molar-refractivity contribution in [2.24, 2.45) is 11.7 Å². The summed E-state index contributed by atoms with van der Waals surface area (Å²) in [5.74, 6) is 0.136. The Balaban J connectivity index is 2.36. The van der Waals surface area contributed by atoms with Gasteiger partial charge in [-0.15, -0.1) is 0 Å². The van der Waals surface area contributed by atoms with Crippen LogP contribution in [0.1, 0.15) is 25.8 Å². The average Bonchev–Trinajstić information content (AvgIpc) is 2.42. The predicted octanol–water partition coefficient (Wildman–Crippen LogP) is 3.51. The van der Waals surface area contributed by atoms with Crippen LogP contribution in [0, 0.1) is 12.8 Å². The van der Waals surface area contributed by atoms with Gasteiger partial charge in [0.25, 0.3) is 0 Å². The summed E-state index contributed by atoms with van der Waals surface area (Å²) in [6.45, 7) is 6.01. The van der Waals surface area contributed by atoms with E-state index in [1.54, 1.807) is 12.3 Å². The molecule has 1 aromatic heterocycles. The van der Waals surface area contributed by atoms with E-state index in [1.165, 1.54) is 0 Å². The van der Waals surface area contributed by atoms with Crippen molar-refractivity contribution in [1.29, 1.82) is 0 Å². The fourth-order valence-corrected chi connectivity index (χ4v) is 2.65. The summed E-state index contributed by atoms with van der Waals surface area (Å²) in [4.78, 5) is 16.6. The van der Waals surface area contributed by atoms with E-state index < -0.39 is 6.04 Å². The van der Waals surface area contributed by atoms with E-state index in [2.05, 4.69) is 10.3 Å². The maximum Gasteiger partial charge on any atom is 0.241 e. The Bertz CT molecular complexity index is 670.